The lowest BCUT2D eigenvalue weighted by atomic mass is 9.96. The van der Waals surface area contributed by atoms with Crippen LogP contribution in [0.3, 0.4) is 0 Å². The summed E-state index contributed by atoms with van der Waals surface area (Å²) in [5.74, 6) is 0. The first-order valence-electron chi connectivity index (χ1n) is 15.4. The molecule has 9 aromatic rings. The van der Waals surface area contributed by atoms with E-state index in [9.17, 15) is 0 Å². The zero-order chi connectivity index (χ0) is 31.5. The van der Waals surface area contributed by atoms with Crippen LogP contribution in [0.2, 0.25) is 0 Å². The molecule has 0 radical (unpaired) electrons. The highest BCUT2D eigenvalue weighted by atomic mass is 16.3. The van der Waals surface area contributed by atoms with E-state index in [1.807, 2.05) is 42.6 Å². The molecule has 0 bridgehead atoms. The fourth-order valence-electron chi connectivity index (χ4n) is 6.78. The Morgan fingerprint density at radius 3 is 2.26 bits per heavy atom. The van der Waals surface area contributed by atoms with Crippen molar-refractivity contribution < 1.29 is 4.42 Å². The number of benzene rings is 5. The van der Waals surface area contributed by atoms with E-state index in [1.54, 1.807) is 12.3 Å². The van der Waals surface area contributed by atoms with Crippen molar-refractivity contribution >= 4 is 73.0 Å². The maximum atomic E-state index is 6.48. The Balaban J connectivity index is 1.13. The maximum absolute atomic E-state index is 6.48. The van der Waals surface area contributed by atoms with Crippen molar-refractivity contribution in [2.45, 2.75) is 0 Å². The smallest absolute Gasteiger partial charge is 0.144 e. The Bertz CT molecular complexity index is 2710. The van der Waals surface area contributed by atoms with E-state index in [0.717, 1.165) is 93.7 Å². The molecule has 47 heavy (non-hydrogen) atoms. The van der Waals surface area contributed by atoms with Gasteiger partial charge in [0.2, 0.25) is 0 Å². The van der Waals surface area contributed by atoms with Crippen molar-refractivity contribution in [1.29, 1.82) is 0 Å². The van der Waals surface area contributed by atoms with E-state index in [-0.39, 0.29) is 0 Å². The van der Waals surface area contributed by atoms with Crippen LogP contribution < -0.4 is 0 Å². The molecule has 0 aliphatic rings. The van der Waals surface area contributed by atoms with Crippen molar-refractivity contribution in [1.82, 2.24) is 15.0 Å². The topological polar surface area (TPSA) is 64.2 Å². The molecule has 4 aromatic heterocycles. The van der Waals surface area contributed by atoms with Gasteiger partial charge in [0.15, 0.2) is 0 Å². The van der Waals surface area contributed by atoms with Gasteiger partial charge in [0.1, 0.15) is 11.2 Å². The standard InChI is InChI=1S/C42H26N4O/c1-3-29-34(23-27-9-8-22-44-40(27)41(29)43-2)35-21-18-28(24-45-35)25-14-16-26(17-15-25)39-33-20-19-31-30-10-5-7-13-37(30)47-42(31)38(33)32-11-4-6-12-36(32)46-39/h3-24H,1-2H2. The van der Waals surface area contributed by atoms with Crippen molar-refractivity contribution in [2.75, 3.05) is 0 Å². The third-order valence-corrected chi connectivity index (χ3v) is 9.01. The van der Waals surface area contributed by atoms with Crippen LogP contribution in [-0.2, 0) is 0 Å². The van der Waals surface area contributed by atoms with Gasteiger partial charge in [0.25, 0.3) is 0 Å². The summed E-state index contributed by atoms with van der Waals surface area (Å²) in [6.45, 7) is 7.83. The molecular weight excluding hydrogens is 576 g/mol. The third kappa shape index (κ3) is 4.17. The molecule has 5 heteroatoms. The predicted molar refractivity (Wildman–Crippen MR) is 195 cm³/mol. The molecule has 220 valence electrons. The zero-order valence-electron chi connectivity index (χ0n) is 25.3. The molecule has 0 spiro atoms. The monoisotopic (exact) mass is 602 g/mol. The summed E-state index contributed by atoms with van der Waals surface area (Å²) >= 11 is 0. The van der Waals surface area contributed by atoms with Gasteiger partial charge in [0, 0.05) is 67.0 Å². The maximum Gasteiger partial charge on any atom is 0.144 e. The van der Waals surface area contributed by atoms with Gasteiger partial charge in [0.05, 0.1) is 28.1 Å². The normalized spacial score (nSPS) is 11.6. The number of fused-ring (bicyclic) bond motifs is 8. The number of rotatable bonds is 5. The van der Waals surface area contributed by atoms with Gasteiger partial charge in [-0.2, -0.15) is 0 Å². The number of aromatic nitrogens is 3. The van der Waals surface area contributed by atoms with E-state index >= 15 is 0 Å². The minimum atomic E-state index is 0.713. The molecular formula is C42H26N4O. The van der Waals surface area contributed by atoms with Crippen molar-refractivity contribution in [3.63, 3.8) is 0 Å². The highest BCUT2D eigenvalue weighted by molar-refractivity contribution is 6.24. The van der Waals surface area contributed by atoms with Crippen molar-refractivity contribution in [2.24, 2.45) is 4.99 Å². The molecule has 4 heterocycles. The molecule has 0 aliphatic heterocycles. The second kappa shape index (κ2) is 10.6. The number of hydrogen-bond acceptors (Lipinski definition) is 5. The quantitative estimate of drug-likeness (QED) is 0.145. The molecule has 0 saturated heterocycles. The molecule has 0 unspecified atom stereocenters. The molecule has 9 rings (SSSR count). The predicted octanol–water partition coefficient (Wildman–Crippen LogP) is 11.2. The first kappa shape index (κ1) is 26.9. The lowest BCUT2D eigenvalue weighted by Gasteiger charge is -2.13. The molecule has 0 atom stereocenters. The first-order valence-corrected chi connectivity index (χ1v) is 15.4. The lowest BCUT2D eigenvalue weighted by molar-refractivity contribution is 0.673. The summed E-state index contributed by atoms with van der Waals surface area (Å²) in [6.07, 6.45) is 5.47. The van der Waals surface area contributed by atoms with E-state index in [4.69, 9.17) is 14.4 Å². The number of hydrogen-bond donors (Lipinski definition) is 0. The van der Waals surface area contributed by atoms with E-state index in [0.29, 0.717) is 5.69 Å². The van der Waals surface area contributed by atoms with Crippen molar-refractivity contribution in [3.05, 3.63) is 140 Å². The van der Waals surface area contributed by atoms with Gasteiger partial charge in [-0.25, -0.2) is 4.98 Å². The van der Waals surface area contributed by atoms with Crippen LogP contribution in [-0.4, -0.2) is 21.7 Å². The average Bonchev–Trinajstić information content (AvgIpc) is 3.52. The fourth-order valence-corrected chi connectivity index (χ4v) is 6.78. The van der Waals surface area contributed by atoms with E-state index in [2.05, 4.69) is 102 Å². The average molecular weight is 603 g/mol. The molecule has 5 aromatic carbocycles. The number of aliphatic imine (C=N–C) groups is 1. The summed E-state index contributed by atoms with van der Waals surface area (Å²) in [4.78, 5) is 18.8. The van der Waals surface area contributed by atoms with E-state index < -0.39 is 0 Å². The second-order valence-electron chi connectivity index (χ2n) is 11.6. The van der Waals surface area contributed by atoms with Gasteiger partial charge in [-0.05, 0) is 48.7 Å². The van der Waals surface area contributed by atoms with Gasteiger partial charge in [-0.15, -0.1) is 0 Å². The summed E-state index contributed by atoms with van der Waals surface area (Å²) in [7, 11) is 0. The Morgan fingerprint density at radius 1 is 0.681 bits per heavy atom. The molecule has 0 N–H and O–H groups in total. The summed E-state index contributed by atoms with van der Waals surface area (Å²) in [6, 6.07) is 39.5. The SMILES string of the molecule is C=Cc1c(-c2ccc(-c3ccc(-c4nc5ccccc5c5c4ccc4c6ccccc6oc45)cc3)cn2)cc2cccnc2c1N=C. The number of furan rings is 1. The van der Waals surface area contributed by atoms with Crippen LogP contribution >= 0.6 is 0 Å². The van der Waals surface area contributed by atoms with Gasteiger partial charge in [-0.3, -0.25) is 15.0 Å². The van der Waals surface area contributed by atoms with Crippen LogP contribution in [0.1, 0.15) is 5.56 Å². The molecule has 0 saturated carbocycles. The number of para-hydroxylation sites is 2. The van der Waals surface area contributed by atoms with Crippen LogP contribution in [0.5, 0.6) is 0 Å². The van der Waals surface area contributed by atoms with Crippen molar-refractivity contribution in [3.8, 4) is 33.6 Å². The Kier molecular flexibility index (Phi) is 6.05. The largest absolute Gasteiger partial charge is 0.455 e. The summed E-state index contributed by atoms with van der Waals surface area (Å²) in [5.41, 5.74) is 10.9. The molecule has 0 aliphatic carbocycles. The van der Waals surface area contributed by atoms with Gasteiger partial charge in [-0.1, -0.05) is 91.5 Å². The number of pyridine rings is 3. The van der Waals surface area contributed by atoms with Crippen LogP contribution in [0.15, 0.2) is 144 Å². The molecule has 0 amide bonds. The third-order valence-electron chi connectivity index (χ3n) is 9.01. The van der Waals surface area contributed by atoms with Gasteiger partial charge >= 0.3 is 0 Å². The number of nitrogens with zero attached hydrogens (tertiary/aromatic N) is 4. The highest BCUT2D eigenvalue weighted by Crippen LogP contribution is 2.41. The van der Waals surface area contributed by atoms with E-state index in [1.165, 1.54) is 0 Å². The summed E-state index contributed by atoms with van der Waals surface area (Å²) < 4.78 is 6.48. The summed E-state index contributed by atoms with van der Waals surface area (Å²) in [5, 5.41) is 6.43. The minimum absolute atomic E-state index is 0.713. The van der Waals surface area contributed by atoms with Crippen LogP contribution in [0, 0.1) is 0 Å². The Hall–Kier alpha value is -6.46. The minimum Gasteiger partial charge on any atom is -0.455 e. The Labute approximate surface area is 270 Å². The second-order valence-corrected chi connectivity index (χ2v) is 11.6. The zero-order valence-corrected chi connectivity index (χ0v) is 25.3. The first-order chi connectivity index (χ1) is 23.2. The Morgan fingerprint density at radius 2 is 1.45 bits per heavy atom. The molecule has 0 fully saturated rings. The lowest BCUT2D eigenvalue weighted by Crippen LogP contribution is -1.92. The van der Waals surface area contributed by atoms with Crippen LogP contribution in [0.4, 0.5) is 5.69 Å². The van der Waals surface area contributed by atoms with Gasteiger partial charge < -0.3 is 4.42 Å². The highest BCUT2D eigenvalue weighted by Gasteiger charge is 2.18. The van der Waals surface area contributed by atoms with Crippen LogP contribution in [0.25, 0.3) is 94.2 Å². The molecule has 5 nitrogen and oxygen atoms in total. The fraction of sp³-hybridized carbons (Fsp3) is 0.